The fourth-order valence-electron chi connectivity index (χ4n) is 0.353. The molecule has 5 heteroatoms. The Labute approximate surface area is 61.6 Å². The summed E-state index contributed by atoms with van der Waals surface area (Å²) in [7, 11) is 0. The first-order chi connectivity index (χ1) is 4.95. The van der Waals surface area contributed by atoms with Crippen molar-refractivity contribution >= 4 is 5.97 Å². The van der Waals surface area contributed by atoms with Gasteiger partial charge in [0.05, 0.1) is 6.61 Å². The zero-order valence-corrected chi connectivity index (χ0v) is 5.81. The molecule has 0 N–H and O–H groups in total. The second kappa shape index (κ2) is 4.00. The quantitative estimate of drug-likeness (QED) is 0.463. The summed E-state index contributed by atoms with van der Waals surface area (Å²) in [4.78, 5) is 10.3. The summed E-state index contributed by atoms with van der Waals surface area (Å²) in [6, 6.07) is 0. The van der Waals surface area contributed by atoms with Crippen LogP contribution < -0.4 is 0 Å². The lowest BCUT2D eigenvalue weighted by Crippen LogP contribution is -2.05. The van der Waals surface area contributed by atoms with E-state index in [9.17, 15) is 18.0 Å². The van der Waals surface area contributed by atoms with Gasteiger partial charge in [0.1, 0.15) is 0 Å². The molecule has 2 nitrogen and oxygen atoms in total. The summed E-state index contributed by atoms with van der Waals surface area (Å²) in [5.74, 6) is -0.982. The van der Waals surface area contributed by atoms with E-state index in [-0.39, 0.29) is 12.7 Å². The monoisotopic (exact) mass is 168 g/mol. The molecule has 0 aromatic heterocycles. The number of esters is 1. The highest BCUT2D eigenvalue weighted by atomic mass is 19.4. The third kappa shape index (κ3) is 6.89. The van der Waals surface area contributed by atoms with E-state index in [4.69, 9.17) is 0 Å². The van der Waals surface area contributed by atoms with Gasteiger partial charge in [-0.05, 0) is 6.92 Å². The van der Waals surface area contributed by atoms with Gasteiger partial charge in [-0.25, -0.2) is 4.79 Å². The summed E-state index contributed by atoms with van der Waals surface area (Å²) < 4.78 is 38.3. The molecule has 0 amide bonds. The molecule has 0 fully saturated rings. The average molecular weight is 168 g/mol. The first-order valence-corrected chi connectivity index (χ1v) is 2.88. The van der Waals surface area contributed by atoms with E-state index in [1.165, 1.54) is 6.92 Å². The van der Waals surface area contributed by atoms with Crippen LogP contribution in [0, 0.1) is 0 Å². The molecular weight excluding hydrogens is 161 g/mol. The van der Waals surface area contributed by atoms with Crippen LogP contribution in [0.3, 0.4) is 0 Å². The van der Waals surface area contributed by atoms with Gasteiger partial charge < -0.3 is 4.74 Å². The second-order valence-corrected chi connectivity index (χ2v) is 1.63. The molecule has 0 unspecified atom stereocenters. The van der Waals surface area contributed by atoms with Gasteiger partial charge in [0.2, 0.25) is 0 Å². The number of carbonyl (C=O) groups excluding carboxylic acids is 1. The largest absolute Gasteiger partial charge is 0.463 e. The Morgan fingerprint density at radius 1 is 1.55 bits per heavy atom. The predicted molar refractivity (Wildman–Crippen MR) is 31.8 cm³/mol. The maximum absolute atomic E-state index is 11.4. The highest BCUT2D eigenvalue weighted by Crippen LogP contribution is 2.15. The van der Waals surface area contributed by atoms with Crippen LogP contribution >= 0.6 is 0 Å². The molecule has 0 heterocycles. The minimum atomic E-state index is -4.45. The number of hydrogen-bond donors (Lipinski definition) is 0. The normalized spacial score (nSPS) is 12.0. The molecule has 0 spiro atoms. The molecule has 0 aliphatic carbocycles. The molecule has 0 saturated carbocycles. The van der Waals surface area contributed by atoms with Crippen molar-refractivity contribution in [1.82, 2.24) is 0 Å². The molecule has 0 aliphatic heterocycles. The second-order valence-electron chi connectivity index (χ2n) is 1.63. The van der Waals surface area contributed by atoms with Crippen molar-refractivity contribution in [2.24, 2.45) is 0 Å². The van der Waals surface area contributed by atoms with Crippen LogP contribution in [-0.2, 0) is 9.53 Å². The van der Waals surface area contributed by atoms with Gasteiger partial charge in [-0.3, -0.25) is 0 Å². The van der Waals surface area contributed by atoms with E-state index in [0.29, 0.717) is 6.08 Å². The van der Waals surface area contributed by atoms with Crippen LogP contribution in [-0.4, -0.2) is 18.8 Å². The zero-order chi connectivity index (χ0) is 8.91. The van der Waals surface area contributed by atoms with Gasteiger partial charge in [0, 0.05) is 12.2 Å². The Kier molecular flexibility index (Phi) is 3.64. The lowest BCUT2D eigenvalue weighted by molar-refractivity contribution is -0.137. The van der Waals surface area contributed by atoms with Crippen LogP contribution in [0.15, 0.2) is 12.2 Å². The van der Waals surface area contributed by atoms with Crippen molar-refractivity contribution < 1.29 is 22.7 Å². The van der Waals surface area contributed by atoms with E-state index in [0.717, 1.165) is 0 Å². The molecule has 0 atom stereocenters. The average Bonchev–Trinajstić information content (AvgIpc) is 1.83. The molecule has 0 aromatic carbocycles. The number of carbonyl (C=O) groups is 1. The van der Waals surface area contributed by atoms with Crippen LogP contribution in [0.4, 0.5) is 13.2 Å². The topological polar surface area (TPSA) is 26.3 Å². The maximum Gasteiger partial charge on any atom is 0.410 e. The summed E-state index contributed by atoms with van der Waals surface area (Å²) in [5.41, 5.74) is 0. The third-order valence-electron chi connectivity index (χ3n) is 0.695. The van der Waals surface area contributed by atoms with Crippen molar-refractivity contribution in [3.8, 4) is 0 Å². The first kappa shape index (κ1) is 10.0. The summed E-state index contributed by atoms with van der Waals surface area (Å²) in [6.45, 7) is 1.58. The van der Waals surface area contributed by atoms with Crippen molar-refractivity contribution in [3.05, 3.63) is 12.2 Å². The van der Waals surface area contributed by atoms with E-state index in [1.54, 1.807) is 0 Å². The predicted octanol–water partition coefficient (Wildman–Crippen LogP) is 1.67. The Bertz CT molecular complexity index is 160. The van der Waals surface area contributed by atoms with E-state index in [1.807, 2.05) is 0 Å². The lowest BCUT2D eigenvalue weighted by atomic mass is 10.5. The summed E-state index contributed by atoms with van der Waals surface area (Å²) in [6.07, 6.45) is -4.26. The first-order valence-electron chi connectivity index (χ1n) is 2.88. The molecule has 0 saturated heterocycles. The van der Waals surface area contributed by atoms with Gasteiger partial charge >= 0.3 is 12.1 Å². The van der Waals surface area contributed by atoms with Crippen molar-refractivity contribution in [2.45, 2.75) is 13.1 Å². The van der Waals surface area contributed by atoms with Gasteiger partial charge in [0.25, 0.3) is 0 Å². The SMILES string of the molecule is CCOC(=O)C=CC(F)(F)F. The Morgan fingerprint density at radius 2 is 2.09 bits per heavy atom. The highest BCUT2D eigenvalue weighted by Gasteiger charge is 2.22. The number of hydrogen-bond acceptors (Lipinski definition) is 2. The summed E-state index contributed by atoms with van der Waals surface area (Å²) in [5, 5.41) is 0. The number of halogens is 3. The van der Waals surface area contributed by atoms with Crippen LogP contribution in [0.25, 0.3) is 0 Å². The van der Waals surface area contributed by atoms with Crippen molar-refractivity contribution in [3.63, 3.8) is 0 Å². The molecule has 0 rings (SSSR count). The molecular formula is C6H7F3O2. The minimum Gasteiger partial charge on any atom is -0.463 e. The lowest BCUT2D eigenvalue weighted by Gasteiger charge is -1.97. The summed E-state index contributed by atoms with van der Waals surface area (Å²) >= 11 is 0. The van der Waals surface area contributed by atoms with E-state index >= 15 is 0 Å². The van der Waals surface area contributed by atoms with Gasteiger partial charge in [-0.2, -0.15) is 13.2 Å². The Hall–Kier alpha value is -1.00. The van der Waals surface area contributed by atoms with E-state index in [2.05, 4.69) is 4.74 Å². The van der Waals surface area contributed by atoms with Gasteiger partial charge in [-0.15, -0.1) is 0 Å². The molecule has 0 bridgehead atoms. The minimum absolute atomic E-state index is 0.0705. The molecule has 0 aliphatic rings. The molecule has 0 aromatic rings. The smallest absolute Gasteiger partial charge is 0.410 e. The Morgan fingerprint density at radius 3 is 2.45 bits per heavy atom. The molecule has 64 valence electrons. The number of rotatable bonds is 2. The van der Waals surface area contributed by atoms with Crippen molar-refractivity contribution in [2.75, 3.05) is 6.61 Å². The third-order valence-corrected chi connectivity index (χ3v) is 0.695. The number of allylic oxidation sites excluding steroid dienone is 1. The van der Waals surface area contributed by atoms with Crippen LogP contribution in [0.1, 0.15) is 6.92 Å². The highest BCUT2D eigenvalue weighted by molar-refractivity contribution is 5.81. The van der Waals surface area contributed by atoms with E-state index < -0.39 is 12.1 Å². The number of alkyl halides is 3. The standard InChI is InChI=1S/C6H7F3O2/c1-2-11-5(10)3-4-6(7,8)9/h3-4H,2H2,1H3. The molecule has 11 heavy (non-hydrogen) atoms. The van der Waals surface area contributed by atoms with Gasteiger partial charge in [0.15, 0.2) is 0 Å². The fourth-order valence-corrected chi connectivity index (χ4v) is 0.353. The Balaban J connectivity index is 3.83. The van der Waals surface area contributed by atoms with Crippen LogP contribution in [0.2, 0.25) is 0 Å². The van der Waals surface area contributed by atoms with Gasteiger partial charge in [-0.1, -0.05) is 0 Å². The van der Waals surface area contributed by atoms with Crippen molar-refractivity contribution in [1.29, 1.82) is 0 Å². The zero-order valence-electron chi connectivity index (χ0n) is 5.81. The maximum atomic E-state index is 11.4. The fraction of sp³-hybridized carbons (Fsp3) is 0.500. The number of ether oxygens (including phenoxy) is 1. The van der Waals surface area contributed by atoms with Crippen LogP contribution in [0.5, 0.6) is 0 Å². The molecule has 0 radical (unpaired) electrons.